The van der Waals surface area contributed by atoms with Crippen molar-refractivity contribution in [3.05, 3.63) is 42.0 Å². The fourth-order valence-corrected chi connectivity index (χ4v) is 3.37. The van der Waals surface area contributed by atoms with E-state index < -0.39 is 0 Å². The lowest BCUT2D eigenvalue weighted by Gasteiger charge is -2.36. The summed E-state index contributed by atoms with van der Waals surface area (Å²) in [5.41, 5.74) is 1.18. The molecular formula is C17H23ClN4O2. The number of rotatable bonds is 3. The number of ether oxygens (including phenoxy) is 2. The van der Waals surface area contributed by atoms with Gasteiger partial charge in [0.15, 0.2) is 11.5 Å². The second-order valence-electron chi connectivity index (χ2n) is 6.03. The van der Waals surface area contributed by atoms with Crippen molar-refractivity contribution in [2.45, 2.75) is 12.6 Å². The lowest BCUT2D eigenvalue weighted by molar-refractivity contribution is 0.136. The van der Waals surface area contributed by atoms with Crippen molar-refractivity contribution < 1.29 is 9.47 Å². The van der Waals surface area contributed by atoms with Crippen molar-refractivity contribution >= 4 is 12.4 Å². The van der Waals surface area contributed by atoms with Gasteiger partial charge in [-0.3, -0.25) is 4.90 Å². The van der Waals surface area contributed by atoms with Crippen LogP contribution in [-0.4, -0.2) is 47.3 Å². The van der Waals surface area contributed by atoms with Gasteiger partial charge < -0.3 is 19.4 Å². The maximum atomic E-state index is 5.86. The Kier molecular flexibility index (Phi) is 5.28. The van der Waals surface area contributed by atoms with Crippen LogP contribution in [0, 0.1) is 0 Å². The van der Waals surface area contributed by atoms with E-state index in [9.17, 15) is 0 Å². The summed E-state index contributed by atoms with van der Waals surface area (Å²) in [5.74, 6) is 2.85. The van der Waals surface area contributed by atoms with E-state index in [0.717, 1.165) is 43.5 Å². The Balaban J connectivity index is 0.00000169. The minimum absolute atomic E-state index is 0. The van der Waals surface area contributed by atoms with Gasteiger partial charge in [0.1, 0.15) is 19.0 Å². The number of aryl methyl sites for hydroxylation is 1. The molecule has 2 aliphatic heterocycles. The second kappa shape index (κ2) is 7.42. The standard InChI is InChI=1S/C17H22N4O2.ClH/c1-20-7-6-19-17(20)14-11-18-5-8-21(14)12-13-3-2-4-15-16(13)23-10-9-22-15;/h2-4,6-7,14,18H,5,8-12H2,1H3;1H. The van der Waals surface area contributed by atoms with E-state index in [1.165, 1.54) is 5.56 Å². The zero-order valence-electron chi connectivity index (χ0n) is 13.8. The van der Waals surface area contributed by atoms with E-state index in [-0.39, 0.29) is 18.4 Å². The Morgan fingerprint density at radius 2 is 2.17 bits per heavy atom. The molecule has 24 heavy (non-hydrogen) atoms. The summed E-state index contributed by atoms with van der Waals surface area (Å²) >= 11 is 0. The van der Waals surface area contributed by atoms with Crippen LogP contribution in [0.2, 0.25) is 0 Å². The second-order valence-corrected chi connectivity index (χ2v) is 6.03. The van der Waals surface area contributed by atoms with Crippen LogP contribution in [-0.2, 0) is 13.6 Å². The molecule has 0 amide bonds. The van der Waals surface area contributed by atoms with Crippen LogP contribution in [0.3, 0.4) is 0 Å². The number of nitrogens with zero attached hydrogens (tertiary/aromatic N) is 3. The van der Waals surface area contributed by atoms with Gasteiger partial charge in [-0.15, -0.1) is 12.4 Å². The molecule has 7 heteroatoms. The zero-order valence-corrected chi connectivity index (χ0v) is 14.6. The van der Waals surface area contributed by atoms with Crippen molar-refractivity contribution in [3.63, 3.8) is 0 Å². The minimum atomic E-state index is 0. The van der Waals surface area contributed by atoms with Gasteiger partial charge in [-0.1, -0.05) is 12.1 Å². The summed E-state index contributed by atoms with van der Waals surface area (Å²) in [6.07, 6.45) is 3.87. The van der Waals surface area contributed by atoms with Crippen LogP contribution >= 0.6 is 12.4 Å². The predicted molar refractivity (Wildman–Crippen MR) is 93.9 cm³/mol. The highest BCUT2D eigenvalue weighted by molar-refractivity contribution is 5.85. The number of para-hydroxylation sites is 1. The number of imidazole rings is 1. The minimum Gasteiger partial charge on any atom is -0.486 e. The number of nitrogens with one attached hydrogen (secondary N) is 1. The first-order valence-corrected chi connectivity index (χ1v) is 8.12. The Hall–Kier alpha value is -1.76. The summed E-state index contributed by atoms with van der Waals surface area (Å²) in [6, 6.07) is 6.42. The third-order valence-corrected chi connectivity index (χ3v) is 4.53. The number of hydrogen-bond acceptors (Lipinski definition) is 5. The zero-order chi connectivity index (χ0) is 15.6. The van der Waals surface area contributed by atoms with E-state index in [4.69, 9.17) is 9.47 Å². The third kappa shape index (κ3) is 3.22. The third-order valence-electron chi connectivity index (χ3n) is 4.53. The van der Waals surface area contributed by atoms with Gasteiger partial charge in [0.25, 0.3) is 0 Å². The van der Waals surface area contributed by atoms with Crippen LogP contribution in [0.5, 0.6) is 11.5 Å². The molecule has 0 saturated carbocycles. The van der Waals surface area contributed by atoms with Gasteiger partial charge in [-0.2, -0.15) is 0 Å². The van der Waals surface area contributed by atoms with E-state index in [0.29, 0.717) is 13.2 Å². The lowest BCUT2D eigenvalue weighted by Crippen LogP contribution is -2.46. The molecule has 1 saturated heterocycles. The van der Waals surface area contributed by atoms with Gasteiger partial charge in [0.2, 0.25) is 0 Å². The van der Waals surface area contributed by atoms with Gasteiger partial charge in [-0.25, -0.2) is 4.98 Å². The maximum Gasteiger partial charge on any atom is 0.165 e. The fourth-order valence-electron chi connectivity index (χ4n) is 3.37. The SMILES string of the molecule is Cl.Cn1ccnc1C1CNCCN1Cc1cccc2c1OCCO2. The smallest absolute Gasteiger partial charge is 0.165 e. The van der Waals surface area contributed by atoms with E-state index in [2.05, 4.69) is 32.9 Å². The van der Waals surface area contributed by atoms with Gasteiger partial charge >= 0.3 is 0 Å². The summed E-state index contributed by atoms with van der Waals surface area (Å²) in [6.45, 7) is 4.98. The molecule has 1 fully saturated rings. The van der Waals surface area contributed by atoms with Crippen molar-refractivity contribution in [1.82, 2.24) is 19.8 Å². The van der Waals surface area contributed by atoms with Crippen LogP contribution in [0.25, 0.3) is 0 Å². The highest BCUT2D eigenvalue weighted by atomic mass is 35.5. The normalized spacial score (nSPS) is 20.5. The largest absolute Gasteiger partial charge is 0.486 e. The average Bonchev–Trinajstić information content (AvgIpc) is 3.02. The molecule has 0 radical (unpaired) electrons. The lowest BCUT2D eigenvalue weighted by atomic mass is 10.1. The van der Waals surface area contributed by atoms with Crippen molar-refractivity contribution in [1.29, 1.82) is 0 Å². The Morgan fingerprint density at radius 3 is 3.00 bits per heavy atom. The molecule has 3 heterocycles. The Bertz CT molecular complexity index is 691. The molecule has 1 atom stereocenters. The molecule has 0 aliphatic carbocycles. The molecule has 0 spiro atoms. The van der Waals surface area contributed by atoms with Crippen LogP contribution in [0.4, 0.5) is 0 Å². The predicted octanol–water partition coefficient (Wildman–Crippen LogP) is 1.76. The molecule has 1 N–H and O–H groups in total. The van der Waals surface area contributed by atoms with Crippen LogP contribution < -0.4 is 14.8 Å². The monoisotopic (exact) mass is 350 g/mol. The molecule has 130 valence electrons. The molecule has 4 rings (SSSR count). The highest BCUT2D eigenvalue weighted by Crippen LogP contribution is 2.35. The number of benzene rings is 1. The molecule has 2 aromatic rings. The Labute approximate surface area is 148 Å². The van der Waals surface area contributed by atoms with Crippen LogP contribution in [0.15, 0.2) is 30.6 Å². The first kappa shape index (κ1) is 17.1. The number of halogens is 1. The summed E-state index contributed by atoms with van der Waals surface area (Å²) in [7, 11) is 2.05. The summed E-state index contributed by atoms with van der Waals surface area (Å²) in [4.78, 5) is 7.01. The quantitative estimate of drug-likeness (QED) is 0.914. The number of piperazine rings is 1. The average molecular weight is 351 g/mol. The fraction of sp³-hybridized carbons (Fsp3) is 0.471. The molecule has 1 aromatic heterocycles. The van der Waals surface area contributed by atoms with Crippen molar-refractivity contribution in [3.8, 4) is 11.5 Å². The summed E-state index contributed by atoms with van der Waals surface area (Å²) in [5, 5.41) is 3.48. The molecule has 6 nitrogen and oxygen atoms in total. The van der Waals surface area contributed by atoms with Gasteiger partial charge in [0, 0.05) is 51.2 Å². The summed E-state index contributed by atoms with van der Waals surface area (Å²) < 4.78 is 13.7. The number of fused-ring (bicyclic) bond motifs is 1. The molecule has 1 unspecified atom stereocenters. The van der Waals surface area contributed by atoms with Crippen molar-refractivity contribution in [2.24, 2.45) is 7.05 Å². The number of aromatic nitrogens is 2. The van der Waals surface area contributed by atoms with E-state index in [1.54, 1.807) is 0 Å². The van der Waals surface area contributed by atoms with Gasteiger partial charge in [-0.05, 0) is 6.07 Å². The first-order valence-electron chi connectivity index (χ1n) is 8.12. The molecule has 1 aromatic carbocycles. The van der Waals surface area contributed by atoms with E-state index >= 15 is 0 Å². The van der Waals surface area contributed by atoms with Crippen molar-refractivity contribution in [2.75, 3.05) is 32.8 Å². The van der Waals surface area contributed by atoms with Gasteiger partial charge in [0.05, 0.1) is 6.04 Å². The topological polar surface area (TPSA) is 51.6 Å². The van der Waals surface area contributed by atoms with Crippen LogP contribution in [0.1, 0.15) is 17.4 Å². The Morgan fingerprint density at radius 1 is 1.29 bits per heavy atom. The van der Waals surface area contributed by atoms with E-state index in [1.807, 2.05) is 24.5 Å². The number of hydrogen-bond donors (Lipinski definition) is 1. The molecular weight excluding hydrogens is 328 g/mol. The highest BCUT2D eigenvalue weighted by Gasteiger charge is 2.28. The maximum absolute atomic E-state index is 5.86. The first-order chi connectivity index (χ1) is 11.3. The molecule has 2 aliphatic rings. The molecule has 0 bridgehead atoms.